The molecule has 150 valence electrons. The molecule has 5 heteroatoms. The average molecular weight is 374 g/mol. The van der Waals surface area contributed by atoms with Crippen LogP contribution in [0.5, 0.6) is 0 Å². The van der Waals surface area contributed by atoms with Crippen molar-refractivity contribution >= 4 is 5.91 Å². The van der Waals surface area contributed by atoms with Crippen LogP contribution in [0.1, 0.15) is 51.1 Å². The van der Waals surface area contributed by atoms with Crippen LogP contribution in [0.25, 0.3) is 0 Å². The average Bonchev–Trinajstić information content (AvgIpc) is 2.66. The molecule has 2 fully saturated rings. The highest BCUT2D eigenvalue weighted by molar-refractivity contribution is 5.77. The van der Waals surface area contributed by atoms with Crippen LogP contribution in [0.4, 0.5) is 0 Å². The second-order valence-electron chi connectivity index (χ2n) is 8.35. The lowest BCUT2D eigenvalue weighted by Crippen LogP contribution is -2.46. The Kier molecular flexibility index (Phi) is 7.27. The first-order chi connectivity index (χ1) is 13.0. The minimum atomic E-state index is -0.207. The molecule has 2 saturated heterocycles. The normalized spacial score (nSPS) is 26.1. The van der Waals surface area contributed by atoms with Crippen LogP contribution in [0.15, 0.2) is 30.3 Å². The fourth-order valence-corrected chi connectivity index (χ4v) is 4.44. The number of nitrogens with zero attached hydrogens (tertiary/aromatic N) is 2. The standard InChI is InChI=1S/C22H35N3O2/c1-17-15-24(16-18(2)27-17)11-8-19-9-12-25(13-10-19)22(26)14-21(23)20-6-4-3-5-7-20/h3-7,17-19,21H,8-16,23H2,1-2H3. The summed E-state index contributed by atoms with van der Waals surface area (Å²) in [5.74, 6) is 0.922. The van der Waals surface area contributed by atoms with Crippen molar-refractivity contribution in [2.45, 2.75) is 57.8 Å². The van der Waals surface area contributed by atoms with Gasteiger partial charge in [-0.3, -0.25) is 9.69 Å². The van der Waals surface area contributed by atoms with Gasteiger partial charge in [-0.15, -0.1) is 0 Å². The van der Waals surface area contributed by atoms with Crippen LogP contribution in [0, 0.1) is 5.92 Å². The van der Waals surface area contributed by atoms with E-state index in [0.29, 0.717) is 18.6 Å². The van der Waals surface area contributed by atoms with E-state index < -0.39 is 0 Å². The Balaban J connectivity index is 1.37. The third-order valence-electron chi connectivity index (χ3n) is 5.94. The molecule has 5 nitrogen and oxygen atoms in total. The van der Waals surface area contributed by atoms with E-state index >= 15 is 0 Å². The van der Waals surface area contributed by atoms with Gasteiger partial charge in [0.05, 0.1) is 12.2 Å². The molecule has 0 radical (unpaired) electrons. The zero-order valence-electron chi connectivity index (χ0n) is 16.8. The minimum Gasteiger partial charge on any atom is -0.373 e. The lowest BCUT2D eigenvalue weighted by Gasteiger charge is -2.37. The number of benzene rings is 1. The van der Waals surface area contributed by atoms with E-state index in [0.717, 1.165) is 57.0 Å². The molecule has 1 aromatic rings. The minimum absolute atomic E-state index is 0.195. The fourth-order valence-electron chi connectivity index (χ4n) is 4.44. The summed E-state index contributed by atoms with van der Waals surface area (Å²) in [7, 11) is 0. The van der Waals surface area contributed by atoms with Gasteiger partial charge in [-0.05, 0) is 51.1 Å². The van der Waals surface area contributed by atoms with Crippen LogP contribution < -0.4 is 5.73 Å². The van der Waals surface area contributed by atoms with Gasteiger partial charge in [-0.1, -0.05) is 30.3 Å². The van der Waals surface area contributed by atoms with Gasteiger partial charge in [0.1, 0.15) is 0 Å². The van der Waals surface area contributed by atoms with Crippen molar-refractivity contribution in [3.63, 3.8) is 0 Å². The quantitative estimate of drug-likeness (QED) is 0.833. The van der Waals surface area contributed by atoms with Crippen LogP contribution in [0.3, 0.4) is 0 Å². The number of amides is 1. The van der Waals surface area contributed by atoms with Crippen molar-refractivity contribution in [3.8, 4) is 0 Å². The first kappa shape index (κ1) is 20.3. The maximum absolute atomic E-state index is 12.6. The van der Waals surface area contributed by atoms with Crippen molar-refractivity contribution in [2.75, 3.05) is 32.7 Å². The summed E-state index contributed by atoms with van der Waals surface area (Å²) in [5, 5.41) is 0. The molecule has 27 heavy (non-hydrogen) atoms. The highest BCUT2D eigenvalue weighted by Crippen LogP contribution is 2.24. The SMILES string of the molecule is CC1CN(CCC2CCN(C(=O)CC(N)c3ccccc3)CC2)CC(C)O1. The molecule has 1 amide bonds. The van der Waals surface area contributed by atoms with Crippen molar-refractivity contribution in [1.29, 1.82) is 0 Å². The molecule has 2 aliphatic heterocycles. The summed E-state index contributed by atoms with van der Waals surface area (Å²) >= 11 is 0. The Morgan fingerprint density at radius 2 is 1.78 bits per heavy atom. The predicted octanol–water partition coefficient (Wildman–Crippen LogP) is 2.81. The summed E-state index contributed by atoms with van der Waals surface area (Å²) in [6.07, 6.45) is 4.52. The largest absolute Gasteiger partial charge is 0.373 e. The lowest BCUT2D eigenvalue weighted by atomic mass is 9.92. The predicted molar refractivity (Wildman–Crippen MR) is 108 cm³/mol. The molecule has 0 spiro atoms. The Hall–Kier alpha value is -1.43. The van der Waals surface area contributed by atoms with Gasteiger partial charge in [0.15, 0.2) is 0 Å². The first-order valence-electron chi connectivity index (χ1n) is 10.5. The van der Waals surface area contributed by atoms with E-state index in [4.69, 9.17) is 10.5 Å². The summed E-state index contributed by atoms with van der Waals surface area (Å²) in [5.41, 5.74) is 7.26. The number of hydrogen-bond donors (Lipinski definition) is 1. The molecule has 2 N–H and O–H groups in total. The Bertz CT molecular complexity index is 576. The van der Waals surface area contributed by atoms with Gasteiger partial charge in [0.2, 0.25) is 5.91 Å². The third kappa shape index (κ3) is 6.03. The fraction of sp³-hybridized carbons (Fsp3) is 0.682. The van der Waals surface area contributed by atoms with Gasteiger partial charge in [0.25, 0.3) is 0 Å². The van der Waals surface area contributed by atoms with Gasteiger partial charge < -0.3 is 15.4 Å². The summed E-state index contributed by atoms with van der Waals surface area (Å²) in [6.45, 7) is 9.30. The molecular weight excluding hydrogens is 338 g/mol. The summed E-state index contributed by atoms with van der Waals surface area (Å²) in [6, 6.07) is 9.71. The molecule has 2 heterocycles. The Morgan fingerprint density at radius 3 is 2.41 bits per heavy atom. The number of rotatable bonds is 6. The molecule has 3 atom stereocenters. The van der Waals surface area contributed by atoms with Crippen molar-refractivity contribution < 1.29 is 9.53 Å². The van der Waals surface area contributed by atoms with Crippen LogP contribution >= 0.6 is 0 Å². The molecule has 3 unspecified atom stereocenters. The van der Waals surface area contributed by atoms with E-state index in [-0.39, 0.29) is 11.9 Å². The first-order valence-corrected chi connectivity index (χ1v) is 10.5. The van der Waals surface area contributed by atoms with Crippen molar-refractivity contribution in [2.24, 2.45) is 11.7 Å². The zero-order chi connectivity index (χ0) is 19.2. The van der Waals surface area contributed by atoms with Gasteiger partial charge in [-0.25, -0.2) is 0 Å². The van der Waals surface area contributed by atoms with Crippen LogP contribution in [0.2, 0.25) is 0 Å². The number of piperidine rings is 1. The summed E-state index contributed by atoms with van der Waals surface area (Å²) < 4.78 is 5.82. The van der Waals surface area contributed by atoms with E-state index in [9.17, 15) is 4.79 Å². The number of nitrogens with two attached hydrogens (primary N) is 1. The molecule has 0 aliphatic carbocycles. The number of ether oxygens (including phenoxy) is 1. The molecule has 1 aromatic carbocycles. The van der Waals surface area contributed by atoms with E-state index in [1.54, 1.807) is 0 Å². The van der Waals surface area contributed by atoms with Gasteiger partial charge in [0, 0.05) is 38.6 Å². The van der Waals surface area contributed by atoms with E-state index in [2.05, 4.69) is 18.7 Å². The van der Waals surface area contributed by atoms with Gasteiger partial charge in [-0.2, -0.15) is 0 Å². The third-order valence-corrected chi connectivity index (χ3v) is 5.94. The number of hydrogen-bond acceptors (Lipinski definition) is 4. The molecule has 3 rings (SSSR count). The number of likely N-dealkylation sites (tertiary alicyclic amines) is 1. The number of morpholine rings is 1. The number of carbonyl (C=O) groups excluding carboxylic acids is 1. The molecule has 0 aromatic heterocycles. The molecular formula is C22H35N3O2. The zero-order valence-corrected chi connectivity index (χ0v) is 16.8. The molecule has 2 aliphatic rings. The highest BCUT2D eigenvalue weighted by atomic mass is 16.5. The highest BCUT2D eigenvalue weighted by Gasteiger charge is 2.26. The van der Waals surface area contributed by atoms with Crippen LogP contribution in [-0.2, 0) is 9.53 Å². The second-order valence-corrected chi connectivity index (χ2v) is 8.35. The summed E-state index contributed by atoms with van der Waals surface area (Å²) in [4.78, 5) is 17.1. The van der Waals surface area contributed by atoms with Crippen molar-refractivity contribution in [3.05, 3.63) is 35.9 Å². The lowest BCUT2D eigenvalue weighted by molar-refractivity contribution is -0.133. The second kappa shape index (κ2) is 9.67. The maximum atomic E-state index is 12.6. The Labute approximate surface area is 163 Å². The van der Waals surface area contributed by atoms with Crippen LogP contribution in [-0.4, -0.2) is 60.6 Å². The van der Waals surface area contributed by atoms with Gasteiger partial charge >= 0.3 is 0 Å². The molecule has 0 bridgehead atoms. The topological polar surface area (TPSA) is 58.8 Å². The Morgan fingerprint density at radius 1 is 1.15 bits per heavy atom. The number of carbonyl (C=O) groups is 1. The van der Waals surface area contributed by atoms with Crippen molar-refractivity contribution in [1.82, 2.24) is 9.80 Å². The maximum Gasteiger partial charge on any atom is 0.224 e. The monoisotopic (exact) mass is 373 g/mol. The molecule has 0 saturated carbocycles. The van der Waals surface area contributed by atoms with E-state index in [1.807, 2.05) is 35.2 Å². The van der Waals surface area contributed by atoms with E-state index in [1.165, 1.54) is 6.42 Å². The smallest absolute Gasteiger partial charge is 0.224 e.